The second kappa shape index (κ2) is 3.59. The van der Waals surface area contributed by atoms with Gasteiger partial charge in [0.2, 0.25) is 0 Å². The van der Waals surface area contributed by atoms with Gasteiger partial charge in [0.1, 0.15) is 0 Å². The van der Waals surface area contributed by atoms with E-state index >= 15 is 0 Å². The van der Waals surface area contributed by atoms with Gasteiger partial charge < -0.3 is 11.1 Å². The first kappa shape index (κ1) is 7.61. The van der Waals surface area contributed by atoms with Crippen molar-refractivity contribution in [1.29, 1.82) is 0 Å². The van der Waals surface area contributed by atoms with Crippen molar-refractivity contribution in [1.82, 2.24) is 5.32 Å². The van der Waals surface area contributed by atoms with Gasteiger partial charge >= 0.3 is 0 Å². The number of hydrogen-bond donors (Lipinski definition) is 2. The Labute approximate surface area is 58.1 Å². The average molecular weight is 281 g/mol. The summed E-state index contributed by atoms with van der Waals surface area (Å²) in [6.45, 7) is 2.13. The van der Waals surface area contributed by atoms with Crippen molar-refractivity contribution in [3.05, 3.63) is 0 Å². The molecule has 3 heteroatoms. The molecule has 0 aliphatic carbocycles. The average Bonchev–Trinajstić information content (AvgIpc) is 1.86. The minimum Gasteiger partial charge on any atom is -0.327 e. The minimum absolute atomic E-state index is 0. The smallest absolute Gasteiger partial charge is 0.0177 e. The zero-order chi connectivity index (χ0) is 4.41. The first-order valence-electron chi connectivity index (χ1n) is 2.36. The third-order valence-corrected chi connectivity index (χ3v) is 1.10. The van der Waals surface area contributed by atoms with Crippen molar-refractivity contribution in [2.75, 3.05) is 13.1 Å². The van der Waals surface area contributed by atoms with E-state index in [0.717, 1.165) is 19.5 Å². The maximum atomic E-state index is 5.47. The van der Waals surface area contributed by atoms with Crippen molar-refractivity contribution < 1.29 is 21.1 Å². The van der Waals surface area contributed by atoms with Gasteiger partial charge in [0, 0.05) is 33.7 Å². The SMILES string of the molecule is NC1CCNC1.[Pt]. The van der Waals surface area contributed by atoms with Crippen LogP contribution in [0.25, 0.3) is 0 Å². The standard InChI is InChI=1S/C4H10N2.Pt/c5-4-1-2-6-3-4;/h4,6H,1-3,5H2;. The number of nitrogens with one attached hydrogen (secondary N) is 1. The topological polar surface area (TPSA) is 38.0 Å². The fraction of sp³-hybridized carbons (Fsp3) is 1.00. The summed E-state index contributed by atoms with van der Waals surface area (Å²) in [7, 11) is 0. The Balaban J connectivity index is 0.000000360. The largest absolute Gasteiger partial charge is 0.327 e. The third-order valence-electron chi connectivity index (χ3n) is 1.10. The summed E-state index contributed by atoms with van der Waals surface area (Å²) in [5.41, 5.74) is 5.47. The predicted octanol–water partition coefficient (Wildman–Crippen LogP) is -0.696. The van der Waals surface area contributed by atoms with E-state index in [1.807, 2.05) is 0 Å². The molecule has 1 aliphatic rings. The van der Waals surface area contributed by atoms with Crippen molar-refractivity contribution in [3.8, 4) is 0 Å². The molecule has 0 saturated carbocycles. The van der Waals surface area contributed by atoms with Gasteiger partial charge in [-0.25, -0.2) is 0 Å². The van der Waals surface area contributed by atoms with Crippen LogP contribution in [0.15, 0.2) is 0 Å². The molecule has 3 N–H and O–H groups in total. The Morgan fingerprint density at radius 3 is 2.43 bits per heavy atom. The van der Waals surface area contributed by atoms with Crippen LogP contribution in [-0.2, 0) is 21.1 Å². The van der Waals surface area contributed by atoms with Gasteiger partial charge in [-0.15, -0.1) is 0 Å². The summed E-state index contributed by atoms with van der Waals surface area (Å²) in [5.74, 6) is 0. The molecule has 0 bridgehead atoms. The molecule has 0 aromatic heterocycles. The Morgan fingerprint density at radius 1 is 1.57 bits per heavy atom. The van der Waals surface area contributed by atoms with Crippen LogP contribution in [0.2, 0.25) is 0 Å². The zero-order valence-electron chi connectivity index (χ0n) is 4.09. The molecular formula is C4H10N2Pt. The molecule has 1 aliphatic heterocycles. The maximum absolute atomic E-state index is 5.47. The summed E-state index contributed by atoms with van der Waals surface area (Å²) < 4.78 is 0. The summed E-state index contributed by atoms with van der Waals surface area (Å²) in [5, 5.41) is 3.15. The molecule has 7 heavy (non-hydrogen) atoms. The van der Waals surface area contributed by atoms with Crippen LogP contribution >= 0.6 is 0 Å². The zero-order valence-corrected chi connectivity index (χ0v) is 6.36. The van der Waals surface area contributed by atoms with E-state index in [0.29, 0.717) is 6.04 Å². The fourth-order valence-corrected chi connectivity index (χ4v) is 0.677. The Morgan fingerprint density at radius 2 is 2.29 bits per heavy atom. The van der Waals surface area contributed by atoms with Crippen molar-refractivity contribution in [2.45, 2.75) is 12.5 Å². The van der Waals surface area contributed by atoms with E-state index in [1.165, 1.54) is 0 Å². The first-order chi connectivity index (χ1) is 2.89. The normalized spacial score (nSPS) is 29.6. The molecule has 0 aromatic rings. The summed E-state index contributed by atoms with van der Waals surface area (Å²) in [4.78, 5) is 0. The van der Waals surface area contributed by atoms with Gasteiger partial charge in [0.05, 0.1) is 0 Å². The van der Waals surface area contributed by atoms with Crippen molar-refractivity contribution in [2.24, 2.45) is 5.73 Å². The van der Waals surface area contributed by atoms with E-state index in [2.05, 4.69) is 5.32 Å². The molecular weight excluding hydrogens is 271 g/mol. The number of nitrogens with two attached hydrogens (primary N) is 1. The molecule has 1 saturated heterocycles. The van der Waals surface area contributed by atoms with E-state index in [4.69, 9.17) is 5.73 Å². The van der Waals surface area contributed by atoms with Crippen LogP contribution in [0.5, 0.6) is 0 Å². The van der Waals surface area contributed by atoms with E-state index in [9.17, 15) is 0 Å². The summed E-state index contributed by atoms with van der Waals surface area (Å²) in [6, 6.07) is 0.435. The fourth-order valence-electron chi connectivity index (χ4n) is 0.677. The van der Waals surface area contributed by atoms with Gasteiger partial charge in [-0.2, -0.15) is 0 Å². The summed E-state index contributed by atoms with van der Waals surface area (Å²) >= 11 is 0. The Kier molecular flexibility index (Phi) is 3.90. The van der Waals surface area contributed by atoms with Crippen molar-refractivity contribution >= 4 is 0 Å². The minimum atomic E-state index is 0. The third kappa shape index (κ3) is 2.42. The number of hydrogen-bond acceptors (Lipinski definition) is 2. The second-order valence-electron chi connectivity index (χ2n) is 1.75. The van der Waals surface area contributed by atoms with Crippen LogP contribution in [0.3, 0.4) is 0 Å². The first-order valence-corrected chi connectivity index (χ1v) is 2.36. The van der Waals surface area contributed by atoms with Gasteiger partial charge in [0.15, 0.2) is 0 Å². The van der Waals surface area contributed by atoms with Gasteiger partial charge in [-0.05, 0) is 13.0 Å². The molecule has 0 spiro atoms. The maximum Gasteiger partial charge on any atom is 0.0177 e. The van der Waals surface area contributed by atoms with Gasteiger partial charge in [-0.3, -0.25) is 0 Å². The van der Waals surface area contributed by atoms with Crippen LogP contribution in [0, 0.1) is 0 Å². The molecule has 1 atom stereocenters. The molecule has 2 nitrogen and oxygen atoms in total. The molecule has 1 unspecified atom stereocenters. The van der Waals surface area contributed by atoms with Gasteiger partial charge in [0.25, 0.3) is 0 Å². The Bertz CT molecular complexity index is 43.0. The van der Waals surface area contributed by atoms with Crippen LogP contribution in [0.4, 0.5) is 0 Å². The molecule has 46 valence electrons. The van der Waals surface area contributed by atoms with Crippen LogP contribution in [-0.4, -0.2) is 19.1 Å². The molecule has 1 heterocycles. The second-order valence-corrected chi connectivity index (χ2v) is 1.75. The Hall–Kier alpha value is 0.608. The van der Waals surface area contributed by atoms with Crippen molar-refractivity contribution in [3.63, 3.8) is 0 Å². The predicted molar refractivity (Wildman–Crippen MR) is 25.5 cm³/mol. The van der Waals surface area contributed by atoms with E-state index < -0.39 is 0 Å². The molecule has 1 fully saturated rings. The molecule has 0 radical (unpaired) electrons. The summed E-state index contributed by atoms with van der Waals surface area (Å²) in [6.07, 6.45) is 1.15. The van der Waals surface area contributed by atoms with Gasteiger partial charge in [-0.1, -0.05) is 0 Å². The van der Waals surface area contributed by atoms with E-state index in [-0.39, 0.29) is 21.1 Å². The molecule has 0 amide bonds. The molecule has 1 rings (SSSR count). The quantitative estimate of drug-likeness (QED) is 0.616. The number of rotatable bonds is 0. The van der Waals surface area contributed by atoms with Crippen LogP contribution in [0.1, 0.15) is 6.42 Å². The monoisotopic (exact) mass is 281 g/mol. The van der Waals surface area contributed by atoms with E-state index in [1.54, 1.807) is 0 Å². The van der Waals surface area contributed by atoms with Crippen LogP contribution < -0.4 is 11.1 Å². The molecule has 0 aromatic carbocycles.